The van der Waals surface area contributed by atoms with Crippen molar-refractivity contribution in [2.24, 2.45) is 0 Å². The molecule has 0 fully saturated rings. The zero-order valence-electron chi connectivity index (χ0n) is 12.9. The molecule has 1 aromatic carbocycles. The number of hydrogen-bond donors (Lipinski definition) is 1. The third kappa shape index (κ3) is 4.43. The summed E-state index contributed by atoms with van der Waals surface area (Å²) in [5.41, 5.74) is 2.78. The normalized spacial score (nSPS) is 14.2. The average Bonchev–Trinajstić information content (AvgIpc) is 2.44. The minimum atomic E-state index is 0.449. The first-order valence-corrected chi connectivity index (χ1v) is 8.59. The van der Waals surface area contributed by atoms with Gasteiger partial charge in [-0.05, 0) is 37.8 Å². The predicted octanol–water partition coefficient (Wildman–Crippen LogP) is 3.93. The van der Waals surface area contributed by atoms with Crippen LogP contribution < -0.4 is 10.2 Å². The van der Waals surface area contributed by atoms with Gasteiger partial charge in [-0.1, -0.05) is 32.0 Å². The fourth-order valence-electron chi connectivity index (χ4n) is 2.41. The predicted molar refractivity (Wildman–Crippen MR) is 89.4 cm³/mol. The average molecular weight is 280 g/mol. The van der Waals surface area contributed by atoms with Gasteiger partial charge in [-0.25, -0.2) is 0 Å². The third-order valence-electron chi connectivity index (χ3n) is 3.62. The molecule has 2 unspecified atom stereocenters. The lowest BCUT2D eigenvalue weighted by Crippen LogP contribution is -2.33. The van der Waals surface area contributed by atoms with Crippen LogP contribution in [0, 0.1) is 0 Å². The lowest BCUT2D eigenvalue weighted by Gasteiger charge is -2.31. The zero-order valence-corrected chi connectivity index (χ0v) is 13.8. The Balaban J connectivity index is 3.00. The van der Waals surface area contributed by atoms with Crippen LogP contribution in [0.15, 0.2) is 24.3 Å². The second kappa shape index (κ2) is 8.49. The summed E-state index contributed by atoms with van der Waals surface area (Å²) in [5, 5.41) is 3.58. The molecule has 19 heavy (non-hydrogen) atoms. The quantitative estimate of drug-likeness (QED) is 0.776. The maximum Gasteiger partial charge on any atom is 0.0414 e. The van der Waals surface area contributed by atoms with Gasteiger partial charge in [0.15, 0.2) is 0 Å². The number of rotatable bonds is 8. The number of thioether (sulfide) groups is 1. The molecule has 0 radical (unpaired) electrons. The molecular formula is C16H28N2S. The van der Waals surface area contributed by atoms with Gasteiger partial charge in [0, 0.05) is 30.6 Å². The van der Waals surface area contributed by atoms with Crippen molar-refractivity contribution in [2.45, 2.75) is 39.3 Å². The largest absolute Gasteiger partial charge is 0.371 e. The number of anilines is 1. The molecule has 2 nitrogen and oxygen atoms in total. The van der Waals surface area contributed by atoms with Crippen LogP contribution in [0.2, 0.25) is 0 Å². The van der Waals surface area contributed by atoms with Crippen LogP contribution in [-0.2, 0) is 0 Å². The number of benzene rings is 1. The van der Waals surface area contributed by atoms with Crippen molar-refractivity contribution in [1.82, 2.24) is 5.32 Å². The maximum atomic E-state index is 3.58. The van der Waals surface area contributed by atoms with E-state index < -0.39 is 0 Å². The van der Waals surface area contributed by atoms with Crippen LogP contribution >= 0.6 is 11.8 Å². The van der Waals surface area contributed by atoms with Crippen molar-refractivity contribution in [1.29, 1.82) is 0 Å². The van der Waals surface area contributed by atoms with Gasteiger partial charge in [-0.2, -0.15) is 11.8 Å². The number of hydrogen-bond acceptors (Lipinski definition) is 3. The van der Waals surface area contributed by atoms with E-state index in [0.717, 1.165) is 18.7 Å². The van der Waals surface area contributed by atoms with Gasteiger partial charge in [0.25, 0.3) is 0 Å². The van der Waals surface area contributed by atoms with Crippen LogP contribution in [0.4, 0.5) is 5.69 Å². The van der Waals surface area contributed by atoms with E-state index in [1.54, 1.807) is 0 Å². The molecule has 0 saturated carbocycles. The molecule has 0 aliphatic heterocycles. The Hall–Kier alpha value is -0.670. The fraction of sp³-hybridized carbons (Fsp3) is 0.625. The number of nitrogens with zero attached hydrogens (tertiary/aromatic N) is 1. The fourth-order valence-corrected chi connectivity index (χ4v) is 3.12. The molecule has 0 bridgehead atoms. The highest BCUT2D eigenvalue weighted by Gasteiger charge is 2.17. The van der Waals surface area contributed by atoms with Crippen molar-refractivity contribution in [3.63, 3.8) is 0 Å². The Labute approximate surface area is 123 Å². The summed E-state index contributed by atoms with van der Waals surface area (Å²) in [7, 11) is 2.21. The SMILES string of the molecule is CCNC(CC)c1ccccc1N(C)C(C)CSC. The minimum absolute atomic E-state index is 0.449. The van der Waals surface area contributed by atoms with E-state index in [1.807, 2.05) is 11.8 Å². The summed E-state index contributed by atoms with van der Waals surface area (Å²) in [6, 6.07) is 9.78. The summed E-state index contributed by atoms with van der Waals surface area (Å²) in [6.45, 7) is 7.72. The third-order valence-corrected chi connectivity index (χ3v) is 4.44. The Morgan fingerprint density at radius 2 is 1.95 bits per heavy atom. The molecule has 0 spiro atoms. The lowest BCUT2D eigenvalue weighted by atomic mass is 10.0. The molecule has 0 saturated heterocycles. The monoisotopic (exact) mass is 280 g/mol. The number of nitrogens with one attached hydrogen (secondary N) is 1. The van der Waals surface area contributed by atoms with E-state index in [-0.39, 0.29) is 0 Å². The molecule has 3 heteroatoms. The Morgan fingerprint density at radius 3 is 2.53 bits per heavy atom. The molecular weight excluding hydrogens is 252 g/mol. The minimum Gasteiger partial charge on any atom is -0.371 e. The van der Waals surface area contributed by atoms with Gasteiger partial charge in [-0.3, -0.25) is 0 Å². The van der Waals surface area contributed by atoms with Gasteiger partial charge in [0.05, 0.1) is 0 Å². The van der Waals surface area contributed by atoms with Crippen molar-refractivity contribution in [2.75, 3.05) is 30.5 Å². The molecule has 0 amide bonds. The van der Waals surface area contributed by atoms with Crippen LogP contribution in [-0.4, -0.2) is 31.6 Å². The standard InChI is InChI=1S/C16H28N2S/c1-6-15(17-7-2)14-10-8-9-11-16(14)18(4)13(3)12-19-5/h8-11,13,15,17H,6-7,12H2,1-5H3. The zero-order chi connectivity index (χ0) is 14.3. The van der Waals surface area contributed by atoms with Crippen molar-refractivity contribution >= 4 is 17.4 Å². The van der Waals surface area contributed by atoms with E-state index in [0.29, 0.717) is 12.1 Å². The van der Waals surface area contributed by atoms with Crippen LogP contribution in [0.1, 0.15) is 38.8 Å². The first-order chi connectivity index (χ1) is 9.15. The molecule has 2 atom stereocenters. The highest BCUT2D eigenvalue weighted by atomic mass is 32.2. The summed E-state index contributed by atoms with van der Waals surface area (Å²) in [4.78, 5) is 2.41. The summed E-state index contributed by atoms with van der Waals surface area (Å²) >= 11 is 1.91. The van der Waals surface area contributed by atoms with Gasteiger partial charge >= 0.3 is 0 Å². The molecule has 0 aliphatic carbocycles. The Morgan fingerprint density at radius 1 is 1.26 bits per heavy atom. The first kappa shape index (κ1) is 16.4. The van der Waals surface area contributed by atoms with Gasteiger partial charge in [0.1, 0.15) is 0 Å². The van der Waals surface area contributed by atoms with E-state index in [4.69, 9.17) is 0 Å². The van der Waals surface area contributed by atoms with Crippen molar-refractivity contribution in [3.8, 4) is 0 Å². The first-order valence-electron chi connectivity index (χ1n) is 7.19. The second-order valence-electron chi connectivity index (χ2n) is 4.99. The van der Waals surface area contributed by atoms with Crippen molar-refractivity contribution in [3.05, 3.63) is 29.8 Å². The molecule has 1 N–H and O–H groups in total. The molecule has 1 rings (SSSR count). The number of para-hydroxylation sites is 1. The lowest BCUT2D eigenvalue weighted by molar-refractivity contribution is 0.535. The maximum absolute atomic E-state index is 3.58. The van der Waals surface area contributed by atoms with E-state index >= 15 is 0 Å². The highest BCUT2D eigenvalue weighted by molar-refractivity contribution is 7.98. The summed E-state index contributed by atoms with van der Waals surface area (Å²) in [6.07, 6.45) is 3.29. The van der Waals surface area contributed by atoms with E-state index in [2.05, 4.69) is 68.6 Å². The van der Waals surface area contributed by atoms with Gasteiger partial charge in [0.2, 0.25) is 0 Å². The second-order valence-corrected chi connectivity index (χ2v) is 5.90. The van der Waals surface area contributed by atoms with E-state index in [1.165, 1.54) is 11.3 Å². The molecule has 0 aromatic heterocycles. The van der Waals surface area contributed by atoms with Crippen LogP contribution in [0.5, 0.6) is 0 Å². The molecule has 0 aliphatic rings. The van der Waals surface area contributed by atoms with Gasteiger partial charge in [-0.15, -0.1) is 0 Å². The van der Waals surface area contributed by atoms with E-state index in [9.17, 15) is 0 Å². The molecule has 108 valence electrons. The summed E-state index contributed by atoms with van der Waals surface area (Å²) in [5.74, 6) is 1.16. The smallest absolute Gasteiger partial charge is 0.0414 e. The highest BCUT2D eigenvalue weighted by Crippen LogP contribution is 2.29. The molecule has 0 heterocycles. The van der Waals surface area contributed by atoms with Crippen LogP contribution in [0.3, 0.4) is 0 Å². The topological polar surface area (TPSA) is 15.3 Å². The van der Waals surface area contributed by atoms with Crippen LogP contribution in [0.25, 0.3) is 0 Å². The Bertz CT molecular complexity index is 368. The molecule has 1 aromatic rings. The summed E-state index contributed by atoms with van der Waals surface area (Å²) < 4.78 is 0. The van der Waals surface area contributed by atoms with Crippen molar-refractivity contribution < 1.29 is 0 Å². The Kier molecular flexibility index (Phi) is 7.32. The van der Waals surface area contributed by atoms with Gasteiger partial charge < -0.3 is 10.2 Å².